The maximum Gasteiger partial charge on any atom is 0.310 e. The normalized spacial score (nSPS) is 15.4. The van der Waals surface area contributed by atoms with E-state index in [0.717, 1.165) is 12.8 Å². The monoisotopic (exact) mass is 353 g/mol. The molecule has 1 saturated carbocycles. The third-order valence-electron chi connectivity index (χ3n) is 4.72. The van der Waals surface area contributed by atoms with E-state index in [1.807, 2.05) is 12.1 Å². The van der Waals surface area contributed by atoms with Crippen molar-refractivity contribution in [3.63, 3.8) is 0 Å². The Labute approximate surface area is 153 Å². The molecule has 0 spiro atoms. The summed E-state index contributed by atoms with van der Waals surface area (Å²) in [5.41, 5.74) is 1.73. The molecule has 1 atom stereocenters. The first-order chi connectivity index (χ1) is 12.5. The number of carboxylic acid groups (broad SMARTS) is 1. The molecule has 1 fully saturated rings. The van der Waals surface area contributed by atoms with Crippen LogP contribution in [-0.4, -0.2) is 23.1 Å². The fourth-order valence-electron chi connectivity index (χ4n) is 3.14. The minimum Gasteiger partial charge on any atom is -0.490 e. The summed E-state index contributed by atoms with van der Waals surface area (Å²) in [6.45, 7) is 1.62. The van der Waals surface area contributed by atoms with Crippen LogP contribution in [0.3, 0.4) is 0 Å². The molecule has 0 aromatic heterocycles. The molecule has 0 aliphatic heterocycles. The number of hydrogen-bond acceptors (Lipinski definition) is 3. The van der Waals surface area contributed by atoms with Crippen LogP contribution in [0.5, 0.6) is 5.75 Å². The predicted molar refractivity (Wildman–Crippen MR) is 99.8 cm³/mol. The van der Waals surface area contributed by atoms with Crippen LogP contribution >= 0.6 is 0 Å². The van der Waals surface area contributed by atoms with Gasteiger partial charge in [0.2, 0.25) is 0 Å². The lowest BCUT2D eigenvalue weighted by Gasteiger charge is -2.14. The van der Waals surface area contributed by atoms with Crippen molar-refractivity contribution < 1.29 is 19.4 Å². The van der Waals surface area contributed by atoms with Crippen molar-refractivity contribution in [3.05, 3.63) is 59.7 Å². The van der Waals surface area contributed by atoms with E-state index in [2.05, 4.69) is 5.32 Å². The second-order valence-corrected chi connectivity index (χ2v) is 6.69. The van der Waals surface area contributed by atoms with Gasteiger partial charge in [-0.1, -0.05) is 18.2 Å². The highest BCUT2D eigenvalue weighted by molar-refractivity contribution is 6.04. The first kappa shape index (κ1) is 18.0. The third-order valence-corrected chi connectivity index (χ3v) is 4.72. The second-order valence-electron chi connectivity index (χ2n) is 6.69. The number of carbonyl (C=O) groups excluding carboxylic acids is 1. The highest BCUT2D eigenvalue weighted by Gasteiger charge is 2.17. The number of hydrogen-bond donors (Lipinski definition) is 2. The Morgan fingerprint density at radius 3 is 2.58 bits per heavy atom. The van der Waals surface area contributed by atoms with E-state index in [-0.39, 0.29) is 12.0 Å². The van der Waals surface area contributed by atoms with Crippen LogP contribution in [0.1, 0.15) is 54.4 Å². The van der Waals surface area contributed by atoms with Crippen LogP contribution in [0.4, 0.5) is 5.69 Å². The summed E-state index contributed by atoms with van der Waals surface area (Å²) in [7, 11) is 0. The van der Waals surface area contributed by atoms with E-state index in [9.17, 15) is 9.59 Å². The summed E-state index contributed by atoms with van der Waals surface area (Å²) < 4.78 is 5.95. The smallest absolute Gasteiger partial charge is 0.310 e. The standard InChI is InChI=1S/C21H23NO4/c1-14(21(24)25)15-6-4-8-17(12-15)22-20(23)16-7-5-11-19(13-16)26-18-9-2-3-10-18/h4-8,11-14,18H,2-3,9-10H2,1H3,(H,22,23)(H,24,25). The molecule has 5 nitrogen and oxygen atoms in total. The van der Waals surface area contributed by atoms with Crippen molar-refractivity contribution in [3.8, 4) is 5.75 Å². The maximum atomic E-state index is 12.5. The molecule has 0 heterocycles. The summed E-state index contributed by atoms with van der Waals surface area (Å²) in [5, 5.41) is 12.0. The average molecular weight is 353 g/mol. The number of carbonyl (C=O) groups is 2. The SMILES string of the molecule is CC(C(=O)O)c1cccc(NC(=O)c2cccc(OC3CCCC3)c2)c1. The van der Waals surface area contributed by atoms with Crippen LogP contribution in [0.25, 0.3) is 0 Å². The van der Waals surface area contributed by atoms with Crippen LogP contribution in [0.2, 0.25) is 0 Å². The zero-order valence-electron chi connectivity index (χ0n) is 14.8. The van der Waals surface area contributed by atoms with Crippen molar-refractivity contribution in [2.75, 3.05) is 5.32 Å². The van der Waals surface area contributed by atoms with Gasteiger partial charge >= 0.3 is 5.97 Å². The Kier molecular flexibility index (Phi) is 5.56. The number of amides is 1. The zero-order chi connectivity index (χ0) is 18.5. The highest BCUT2D eigenvalue weighted by atomic mass is 16.5. The molecule has 2 N–H and O–H groups in total. The van der Waals surface area contributed by atoms with Crippen LogP contribution in [0, 0.1) is 0 Å². The number of aliphatic carboxylic acids is 1. The molecule has 1 aliphatic carbocycles. The number of anilines is 1. The molecule has 5 heteroatoms. The summed E-state index contributed by atoms with van der Waals surface area (Å²) >= 11 is 0. The number of rotatable bonds is 6. The first-order valence-electron chi connectivity index (χ1n) is 8.94. The van der Waals surface area contributed by atoms with Gasteiger partial charge in [0, 0.05) is 11.3 Å². The Hall–Kier alpha value is -2.82. The van der Waals surface area contributed by atoms with Crippen molar-refractivity contribution in [1.82, 2.24) is 0 Å². The van der Waals surface area contributed by atoms with Gasteiger partial charge in [-0.2, -0.15) is 0 Å². The number of ether oxygens (including phenoxy) is 1. The van der Waals surface area contributed by atoms with E-state index in [4.69, 9.17) is 9.84 Å². The van der Waals surface area contributed by atoms with Gasteiger partial charge in [0.1, 0.15) is 5.75 Å². The lowest BCUT2D eigenvalue weighted by atomic mass is 10.0. The van der Waals surface area contributed by atoms with Crippen LogP contribution < -0.4 is 10.1 Å². The molecule has 2 aromatic carbocycles. The van der Waals surface area contributed by atoms with Crippen LogP contribution in [-0.2, 0) is 4.79 Å². The quantitative estimate of drug-likeness (QED) is 0.804. The largest absolute Gasteiger partial charge is 0.490 e. The molecule has 1 aliphatic rings. The molecule has 26 heavy (non-hydrogen) atoms. The van der Waals surface area contributed by atoms with Gasteiger partial charge in [-0.25, -0.2) is 0 Å². The molecule has 3 rings (SSSR count). The molecule has 0 radical (unpaired) electrons. The topological polar surface area (TPSA) is 75.6 Å². The van der Waals surface area contributed by atoms with Crippen molar-refractivity contribution in [2.24, 2.45) is 0 Å². The molecule has 0 saturated heterocycles. The molecule has 1 amide bonds. The van der Waals surface area contributed by atoms with Gasteiger partial charge in [0.15, 0.2) is 0 Å². The number of nitrogens with one attached hydrogen (secondary N) is 1. The maximum absolute atomic E-state index is 12.5. The van der Waals surface area contributed by atoms with E-state index >= 15 is 0 Å². The predicted octanol–water partition coefficient (Wildman–Crippen LogP) is 4.45. The van der Waals surface area contributed by atoms with Gasteiger partial charge in [0.05, 0.1) is 12.0 Å². The minimum absolute atomic E-state index is 0.238. The molecular weight excluding hydrogens is 330 g/mol. The summed E-state index contributed by atoms with van der Waals surface area (Å²) in [5.74, 6) is -1.07. The highest BCUT2D eigenvalue weighted by Crippen LogP contribution is 2.25. The molecule has 2 aromatic rings. The molecular formula is C21H23NO4. The van der Waals surface area contributed by atoms with Crippen molar-refractivity contribution >= 4 is 17.6 Å². The Bertz CT molecular complexity index is 796. The fraction of sp³-hybridized carbons (Fsp3) is 0.333. The lowest BCUT2D eigenvalue weighted by molar-refractivity contribution is -0.138. The van der Waals surface area contributed by atoms with Gasteiger partial charge in [0.25, 0.3) is 5.91 Å². The zero-order valence-corrected chi connectivity index (χ0v) is 14.8. The average Bonchev–Trinajstić information content (AvgIpc) is 3.14. The number of benzene rings is 2. The molecule has 1 unspecified atom stereocenters. The van der Waals surface area contributed by atoms with Gasteiger partial charge in [-0.3, -0.25) is 9.59 Å². The third kappa shape index (κ3) is 4.42. The van der Waals surface area contributed by atoms with Gasteiger partial charge in [-0.05, 0) is 68.5 Å². The molecule has 0 bridgehead atoms. The molecule has 136 valence electrons. The van der Waals surface area contributed by atoms with E-state index in [0.29, 0.717) is 22.6 Å². The lowest BCUT2D eigenvalue weighted by Crippen LogP contribution is -2.14. The summed E-state index contributed by atoms with van der Waals surface area (Å²) in [6.07, 6.45) is 4.74. The van der Waals surface area contributed by atoms with E-state index < -0.39 is 11.9 Å². The Balaban J connectivity index is 1.70. The van der Waals surface area contributed by atoms with Gasteiger partial charge in [-0.15, -0.1) is 0 Å². The summed E-state index contributed by atoms with van der Waals surface area (Å²) in [6, 6.07) is 14.1. The van der Waals surface area contributed by atoms with Crippen molar-refractivity contribution in [1.29, 1.82) is 0 Å². The Morgan fingerprint density at radius 1 is 1.12 bits per heavy atom. The van der Waals surface area contributed by atoms with Crippen LogP contribution in [0.15, 0.2) is 48.5 Å². The van der Waals surface area contributed by atoms with Crippen molar-refractivity contribution in [2.45, 2.75) is 44.6 Å². The minimum atomic E-state index is -0.898. The number of carboxylic acids is 1. The van der Waals surface area contributed by atoms with E-state index in [1.165, 1.54) is 12.8 Å². The Morgan fingerprint density at radius 2 is 1.85 bits per heavy atom. The first-order valence-corrected chi connectivity index (χ1v) is 8.94. The second kappa shape index (κ2) is 8.04. The fourth-order valence-corrected chi connectivity index (χ4v) is 3.14. The van der Waals surface area contributed by atoms with Gasteiger partial charge < -0.3 is 15.2 Å². The van der Waals surface area contributed by atoms with E-state index in [1.54, 1.807) is 43.3 Å². The summed E-state index contributed by atoms with van der Waals surface area (Å²) in [4.78, 5) is 23.7.